The first-order valence-electron chi connectivity index (χ1n) is 9.21. The van der Waals surface area contributed by atoms with Crippen molar-refractivity contribution in [1.82, 2.24) is 0 Å². The summed E-state index contributed by atoms with van der Waals surface area (Å²) in [4.78, 5) is 12.2. The Hall–Kier alpha value is -2.74. The Balaban J connectivity index is 2.47. The predicted molar refractivity (Wildman–Crippen MR) is 114 cm³/mol. The predicted octanol–water partition coefficient (Wildman–Crippen LogP) is 4.27. The number of carbonyl (C=O) groups excluding carboxylic acids is 1. The van der Waals surface area contributed by atoms with E-state index >= 15 is 0 Å². The number of hydrogen-bond donors (Lipinski definition) is 2. The van der Waals surface area contributed by atoms with Crippen molar-refractivity contribution >= 4 is 27.4 Å². The van der Waals surface area contributed by atoms with Gasteiger partial charge in [0.2, 0.25) is 0 Å². The van der Waals surface area contributed by atoms with Crippen LogP contribution >= 0.6 is 0 Å². The van der Waals surface area contributed by atoms with Crippen LogP contribution in [0.25, 0.3) is 0 Å². The van der Waals surface area contributed by atoms with Gasteiger partial charge in [0, 0.05) is 11.2 Å². The first-order chi connectivity index (χ1) is 13.4. The summed E-state index contributed by atoms with van der Waals surface area (Å²) in [6.07, 6.45) is -0.313. The number of nitrogens with one attached hydrogen (secondary N) is 2. The third kappa shape index (κ3) is 6.39. The van der Waals surface area contributed by atoms with E-state index in [-0.39, 0.29) is 22.1 Å². The van der Waals surface area contributed by atoms with Gasteiger partial charge in [-0.2, -0.15) is 0 Å². The fraction of sp³-hybridized carbons (Fsp3) is 0.381. The zero-order valence-electron chi connectivity index (χ0n) is 17.6. The molecular formula is C21H28N2O5S. The molecule has 0 fully saturated rings. The smallest absolute Gasteiger partial charge is 0.338 e. The van der Waals surface area contributed by atoms with Crippen LogP contribution < -0.4 is 14.8 Å². The van der Waals surface area contributed by atoms with Crippen molar-refractivity contribution in [2.75, 3.05) is 17.1 Å². The highest BCUT2D eigenvalue weighted by Crippen LogP contribution is 2.28. The molecule has 2 aromatic carbocycles. The maximum Gasteiger partial charge on any atom is 0.338 e. The lowest BCUT2D eigenvalue weighted by Gasteiger charge is -2.24. The molecule has 0 bridgehead atoms. The molecule has 0 unspecified atom stereocenters. The highest BCUT2D eigenvalue weighted by molar-refractivity contribution is 7.92. The number of ether oxygens (including phenoxy) is 2. The topological polar surface area (TPSA) is 93.7 Å². The Morgan fingerprint density at radius 1 is 1.03 bits per heavy atom. The second-order valence-corrected chi connectivity index (χ2v) is 9.52. The van der Waals surface area contributed by atoms with Gasteiger partial charge in [-0.1, -0.05) is 0 Å². The van der Waals surface area contributed by atoms with Gasteiger partial charge >= 0.3 is 5.97 Å². The lowest BCUT2D eigenvalue weighted by molar-refractivity contribution is 0.0377. The summed E-state index contributed by atoms with van der Waals surface area (Å²) in [6.45, 7) is 9.22. The largest absolute Gasteiger partial charge is 0.497 e. The summed E-state index contributed by atoms with van der Waals surface area (Å²) >= 11 is 0. The molecule has 0 aliphatic carbocycles. The molecule has 2 aromatic rings. The maximum absolute atomic E-state index is 13.1. The number of sulfonamides is 1. The Morgan fingerprint density at radius 2 is 1.66 bits per heavy atom. The van der Waals surface area contributed by atoms with Gasteiger partial charge in [0.15, 0.2) is 0 Å². The average molecular weight is 421 g/mol. The summed E-state index contributed by atoms with van der Waals surface area (Å²) in [5.41, 5.74) is 0.542. The molecule has 2 rings (SSSR count). The first-order valence-corrected chi connectivity index (χ1v) is 10.7. The monoisotopic (exact) mass is 420 g/mol. The van der Waals surface area contributed by atoms with Gasteiger partial charge in [-0.05, 0) is 77.1 Å². The number of methoxy groups -OCH3 is 1. The van der Waals surface area contributed by atoms with E-state index in [1.807, 2.05) is 20.8 Å². The van der Waals surface area contributed by atoms with E-state index in [1.54, 1.807) is 50.2 Å². The number of anilines is 2. The van der Waals surface area contributed by atoms with Gasteiger partial charge in [0.05, 0.1) is 24.5 Å². The quantitative estimate of drug-likeness (QED) is 0.650. The molecule has 8 heteroatoms. The molecule has 29 heavy (non-hydrogen) atoms. The van der Waals surface area contributed by atoms with Crippen LogP contribution in [0.4, 0.5) is 11.4 Å². The molecule has 0 saturated heterocycles. The Kier molecular flexibility index (Phi) is 6.79. The highest BCUT2D eigenvalue weighted by atomic mass is 32.2. The first kappa shape index (κ1) is 22.5. The fourth-order valence-electron chi connectivity index (χ4n) is 2.53. The molecule has 0 heterocycles. The van der Waals surface area contributed by atoms with Crippen molar-refractivity contribution in [2.45, 2.75) is 51.2 Å². The molecule has 2 N–H and O–H groups in total. The number of benzene rings is 2. The van der Waals surface area contributed by atoms with Crippen LogP contribution in [-0.4, -0.2) is 33.1 Å². The Morgan fingerprint density at radius 3 is 2.17 bits per heavy atom. The lowest BCUT2D eigenvalue weighted by Crippen LogP contribution is -2.28. The SMILES string of the molecule is COc1ccc(NS(=O)(=O)c2cc(C(=O)OC(C)C)ccc2NC(C)(C)C)cc1. The minimum absolute atomic E-state index is 0.0403. The normalized spacial score (nSPS) is 11.8. The van der Waals surface area contributed by atoms with E-state index in [4.69, 9.17) is 9.47 Å². The molecule has 0 radical (unpaired) electrons. The van der Waals surface area contributed by atoms with Crippen molar-refractivity contribution in [3.8, 4) is 5.75 Å². The van der Waals surface area contributed by atoms with Crippen LogP contribution in [0.15, 0.2) is 47.4 Å². The van der Waals surface area contributed by atoms with Crippen molar-refractivity contribution < 1.29 is 22.7 Å². The summed E-state index contributed by atoms with van der Waals surface area (Å²) in [5.74, 6) is 0.0321. The van der Waals surface area contributed by atoms with Gasteiger partial charge < -0.3 is 14.8 Å². The van der Waals surface area contributed by atoms with Gasteiger partial charge in [-0.25, -0.2) is 13.2 Å². The van der Waals surface area contributed by atoms with Crippen LogP contribution in [0.5, 0.6) is 5.75 Å². The third-order valence-corrected chi connectivity index (χ3v) is 5.12. The van der Waals surface area contributed by atoms with E-state index in [1.165, 1.54) is 13.2 Å². The van der Waals surface area contributed by atoms with Gasteiger partial charge in [-0.3, -0.25) is 4.72 Å². The zero-order valence-corrected chi connectivity index (χ0v) is 18.4. The second kappa shape index (κ2) is 8.73. The number of carbonyl (C=O) groups is 1. The maximum atomic E-state index is 13.1. The average Bonchev–Trinajstić information content (AvgIpc) is 2.60. The van der Waals surface area contributed by atoms with Crippen LogP contribution in [0.1, 0.15) is 45.0 Å². The lowest BCUT2D eigenvalue weighted by atomic mass is 10.1. The summed E-state index contributed by atoms with van der Waals surface area (Å²) < 4.78 is 39.1. The molecule has 0 saturated carbocycles. The molecule has 0 amide bonds. The van der Waals surface area contributed by atoms with E-state index in [9.17, 15) is 13.2 Å². The Labute approximate surface area is 172 Å². The standard InChI is InChI=1S/C21H28N2O5S/c1-14(2)28-20(24)15-7-12-18(22-21(3,4)5)19(13-15)29(25,26)23-16-8-10-17(27-6)11-9-16/h7-14,22-23H,1-6H3. The van der Waals surface area contributed by atoms with Crippen molar-refractivity contribution in [3.05, 3.63) is 48.0 Å². The van der Waals surface area contributed by atoms with Crippen LogP contribution in [0, 0.1) is 0 Å². The van der Waals surface area contributed by atoms with Crippen LogP contribution in [0.3, 0.4) is 0 Å². The van der Waals surface area contributed by atoms with Crippen LogP contribution in [0.2, 0.25) is 0 Å². The minimum Gasteiger partial charge on any atom is -0.497 e. The van der Waals surface area contributed by atoms with E-state index in [2.05, 4.69) is 10.0 Å². The Bertz CT molecular complexity index is 962. The third-order valence-electron chi connectivity index (χ3n) is 3.70. The van der Waals surface area contributed by atoms with E-state index in [0.29, 0.717) is 17.1 Å². The molecule has 0 aliphatic heterocycles. The van der Waals surface area contributed by atoms with E-state index < -0.39 is 16.0 Å². The number of rotatable bonds is 7. The van der Waals surface area contributed by atoms with Crippen molar-refractivity contribution in [3.63, 3.8) is 0 Å². The minimum atomic E-state index is -3.98. The summed E-state index contributed by atoms with van der Waals surface area (Å²) in [5, 5.41) is 3.18. The summed E-state index contributed by atoms with van der Waals surface area (Å²) in [7, 11) is -2.45. The van der Waals surface area contributed by atoms with Crippen molar-refractivity contribution in [2.24, 2.45) is 0 Å². The summed E-state index contributed by atoms with van der Waals surface area (Å²) in [6, 6.07) is 11.0. The number of hydrogen-bond acceptors (Lipinski definition) is 6. The van der Waals surface area contributed by atoms with Crippen LogP contribution in [-0.2, 0) is 14.8 Å². The van der Waals surface area contributed by atoms with Gasteiger partial charge in [0.1, 0.15) is 10.6 Å². The molecule has 7 nitrogen and oxygen atoms in total. The van der Waals surface area contributed by atoms with Gasteiger partial charge in [0.25, 0.3) is 10.0 Å². The molecule has 0 spiro atoms. The molecule has 0 aromatic heterocycles. The zero-order chi connectivity index (χ0) is 21.8. The molecular weight excluding hydrogens is 392 g/mol. The van der Waals surface area contributed by atoms with Crippen molar-refractivity contribution in [1.29, 1.82) is 0 Å². The van der Waals surface area contributed by atoms with Gasteiger partial charge in [-0.15, -0.1) is 0 Å². The second-order valence-electron chi connectivity index (χ2n) is 7.87. The number of esters is 1. The highest BCUT2D eigenvalue weighted by Gasteiger charge is 2.24. The fourth-order valence-corrected chi connectivity index (χ4v) is 3.78. The molecule has 0 atom stereocenters. The van der Waals surface area contributed by atoms with E-state index in [0.717, 1.165) is 0 Å². The molecule has 0 aliphatic rings. The molecule has 158 valence electrons.